The molecule has 0 spiro atoms. The van der Waals surface area contributed by atoms with Crippen LogP contribution in [-0.2, 0) is 27.8 Å². The SMILES string of the molecule is O=C(C1Cc2ccccc2CN1S(=O)(=O)c1cccs1)N1CCCCCC1. The highest BCUT2D eigenvalue weighted by Crippen LogP contribution is 2.32. The molecule has 0 aliphatic carbocycles. The zero-order valence-electron chi connectivity index (χ0n) is 15.2. The third-order valence-electron chi connectivity index (χ3n) is 5.47. The third-order valence-corrected chi connectivity index (χ3v) is 8.69. The summed E-state index contributed by atoms with van der Waals surface area (Å²) in [4.78, 5) is 15.2. The van der Waals surface area contributed by atoms with Crippen LogP contribution >= 0.6 is 11.3 Å². The van der Waals surface area contributed by atoms with Crippen LogP contribution in [0.3, 0.4) is 0 Å². The normalized spacial score (nSPS) is 21.5. The first kappa shape index (κ1) is 18.7. The number of carbonyl (C=O) groups is 1. The second-order valence-electron chi connectivity index (χ2n) is 7.21. The second kappa shape index (κ2) is 7.73. The van der Waals surface area contributed by atoms with Crippen molar-refractivity contribution >= 4 is 27.3 Å². The van der Waals surface area contributed by atoms with Gasteiger partial charge in [0.2, 0.25) is 5.91 Å². The van der Waals surface area contributed by atoms with E-state index in [0.29, 0.717) is 10.6 Å². The predicted molar refractivity (Wildman–Crippen MR) is 106 cm³/mol. The molecule has 4 rings (SSSR count). The highest BCUT2D eigenvalue weighted by molar-refractivity contribution is 7.91. The average Bonchev–Trinajstić information content (AvgIpc) is 3.10. The van der Waals surface area contributed by atoms with Gasteiger partial charge in [-0.3, -0.25) is 4.79 Å². The fourth-order valence-corrected chi connectivity index (χ4v) is 6.67. The molecule has 3 heterocycles. The van der Waals surface area contributed by atoms with Crippen molar-refractivity contribution in [1.82, 2.24) is 9.21 Å². The molecule has 27 heavy (non-hydrogen) atoms. The van der Waals surface area contributed by atoms with E-state index >= 15 is 0 Å². The zero-order chi connectivity index (χ0) is 18.9. The minimum atomic E-state index is -3.70. The van der Waals surface area contributed by atoms with Crippen LogP contribution in [0.2, 0.25) is 0 Å². The summed E-state index contributed by atoms with van der Waals surface area (Å²) in [6.45, 7) is 1.70. The highest BCUT2D eigenvalue weighted by atomic mass is 32.2. The Balaban J connectivity index is 1.70. The highest BCUT2D eigenvalue weighted by Gasteiger charge is 2.41. The number of likely N-dealkylation sites (tertiary alicyclic amines) is 1. The Labute approximate surface area is 164 Å². The smallest absolute Gasteiger partial charge is 0.253 e. The number of rotatable bonds is 3. The molecule has 0 saturated carbocycles. The Morgan fingerprint density at radius 3 is 2.33 bits per heavy atom. The van der Waals surface area contributed by atoms with E-state index in [0.717, 1.165) is 49.9 Å². The Morgan fingerprint density at radius 2 is 1.67 bits per heavy atom. The summed E-state index contributed by atoms with van der Waals surface area (Å²) in [5.74, 6) is -0.0495. The van der Waals surface area contributed by atoms with Gasteiger partial charge < -0.3 is 4.90 Å². The second-order valence-corrected chi connectivity index (χ2v) is 10.3. The maximum absolute atomic E-state index is 13.4. The number of carbonyl (C=O) groups excluding carboxylic acids is 1. The first-order valence-corrected chi connectivity index (χ1v) is 11.8. The van der Waals surface area contributed by atoms with Crippen molar-refractivity contribution in [3.05, 3.63) is 52.9 Å². The number of hydrogen-bond donors (Lipinski definition) is 0. The van der Waals surface area contributed by atoms with E-state index in [4.69, 9.17) is 0 Å². The van der Waals surface area contributed by atoms with E-state index in [-0.39, 0.29) is 12.5 Å². The minimum absolute atomic E-state index is 0.0495. The Hall–Kier alpha value is -1.70. The van der Waals surface area contributed by atoms with Gasteiger partial charge in [-0.25, -0.2) is 8.42 Å². The molecule has 2 aliphatic rings. The molecule has 144 valence electrons. The van der Waals surface area contributed by atoms with Gasteiger partial charge in [0.25, 0.3) is 10.0 Å². The Morgan fingerprint density at radius 1 is 0.963 bits per heavy atom. The van der Waals surface area contributed by atoms with Crippen molar-refractivity contribution < 1.29 is 13.2 Å². The lowest BCUT2D eigenvalue weighted by Crippen LogP contribution is -2.53. The fourth-order valence-electron chi connectivity index (χ4n) is 3.99. The van der Waals surface area contributed by atoms with E-state index in [1.807, 2.05) is 29.2 Å². The molecular weight excluding hydrogens is 380 g/mol. The summed E-state index contributed by atoms with van der Waals surface area (Å²) in [7, 11) is -3.70. The van der Waals surface area contributed by atoms with Crippen LogP contribution in [0.4, 0.5) is 0 Å². The van der Waals surface area contributed by atoms with Crippen LogP contribution in [-0.4, -0.2) is 42.7 Å². The summed E-state index contributed by atoms with van der Waals surface area (Å²) in [5.41, 5.74) is 2.06. The minimum Gasteiger partial charge on any atom is -0.341 e. The number of sulfonamides is 1. The number of amides is 1. The van der Waals surface area contributed by atoms with Crippen LogP contribution < -0.4 is 0 Å². The van der Waals surface area contributed by atoms with Gasteiger partial charge >= 0.3 is 0 Å². The molecule has 7 heteroatoms. The summed E-state index contributed by atoms with van der Waals surface area (Å²) in [6.07, 6.45) is 4.69. The lowest BCUT2D eigenvalue weighted by atomic mass is 9.95. The molecule has 5 nitrogen and oxygen atoms in total. The van der Waals surface area contributed by atoms with Gasteiger partial charge in [0, 0.05) is 19.6 Å². The molecular formula is C20H24N2O3S2. The summed E-state index contributed by atoms with van der Waals surface area (Å²) in [6, 6.07) is 10.5. The fraction of sp³-hybridized carbons (Fsp3) is 0.450. The maximum atomic E-state index is 13.4. The van der Waals surface area contributed by atoms with Crippen molar-refractivity contribution in [2.45, 2.75) is 48.9 Å². The van der Waals surface area contributed by atoms with Gasteiger partial charge in [-0.2, -0.15) is 4.31 Å². The molecule has 1 fully saturated rings. The topological polar surface area (TPSA) is 57.7 Å². The number of thiophene rings is 1. The summed E-state index contributed by atoms with van der Waals surface area (Å²) < 4.78 is 28.3. The first-order valence-electron chi connectivity index (χ1n) is 9.48. The first-order chi connectivity index (χ1) is 13.1. The molecule has 1 aromatic carbocycles. The van der Waals surface area contributed by atoms with Gasteiger partial charge in [-0.1, -0.05) is 43.2 Å². The quantitative estimate of drug-likeness (QED) is 0.789. The van der Waals surface area contributed by atoms with Crippen LogP contribution in [0.5, 0.6) is 0 Å². The lowest BCUT2D eigenvalue weighted by molar-refractivity contribution is -0.135. The Bertz CT molecular complexity index is 901. The molecule has 0 bridgehead atoms. The van der Waals surface area contributed by atoms with E-state index in [1.165, 1.54) is 15.6 Å². The number of fused-ring (bicyclic) bond motifs is 1. The molecule has 1 aromatic heterocycles. The number of hydrogen-bond acceptors (Lipinski definition) is 4. The molecule has 1 unspecified atom stereocenters. The van der Waals surface area contributed by atoms with Crippen molar-refractivity contribution in [2.24, 2.45) is 0 Å². The largest absolute Gasteiger partial charge is 0.341 e. The van der Waals surface area contributed by atoms with Crippen LogP contribution in [0.25, 0.3) is 0 Å². The standard InChI is InChI=1S/C20H24N2O3S2/c23-20(21-11-5-1-2-6-12-21)18-14-16-8-3-4-9-17(16)15-22(18)27(24,25)19-10-7-13-26-19/h3-4,7-10,13,18H,1-2,5-6,11-12,14-15H2. The molecule has 0 N–H and O–H groups in total. The van der Waals surface area contributed by atoms with Gasteiger partial charge in [0.1, 0.15) is 10.3 Å². The average molecular weight is 405 g/mol. The van der Waals surface area contributed by atoms with E-state index < -0.39 is 16.1 Å². The van der Waals surface area contributed by atoms with Crippen LogP contribution in [0.1, 0.15) is 36.8 Å². The maximum Gasteiger partial charge on any atom is 0.253 e. The van der Waals surface area contributed by atoms with E-state index in [2.05, 4.69) is 0 Å². The van der Waals surface area contributed by atoms with Gasteiger partial charge in [-0.05, 0) is 41.8 Å². The van der Waals surface area contributed by atoms with E-state index in [9.17, 15) is 13.2 Å². The monoisotopic (exact) mass is 404 g/mol. The van der Waals surface area contributed by atoms with Crippen molar-refractivity contribution in [3.63, 3.8) is 0 Å². The predicted octanol–water partition coefficient (Wildman–Crippen LogP) is 3.27. The molecule has 2 aliphatic heterocycles. The third kappa shape index (κ3) is 3.68. The molecule has 1 amide bonds. The van der Waals surface area contributed by atoms with Crippen LogP contribution in [0, 0.1) is 0 Å². The van der Waals surface area contributed by atoms with Gasteiger partial charge in [0.05, 0.1) is 0 Å². The van der Waals surface area contributed by atoms with Crippen LogP contribution in [0.15, 0.2) is 46.0 Å². The van der Waals surface area contributed by atoms with Gasteiger partial charge in [0.15, 0.2) is 0 Å². The van der Waals surface area contributed by atoms with Gasteiger partial charge in [-0.15, -0.1) is 11.3 Å². The lowest BCUT2D eigenvalue weighted by Gasteiger charge is -2.37. The summed E-state index contributed by atoms with van der Waals surface area (Å²) >= 11 is 1.20. The Kier molecular flexibility index (Phi) is 5.34. The molecule has 1 saturated heterocycles. The zero-order valence-corrected chi connectivity index (χ0v) is 16.8. The van der Waals surface area contributed by atoms with Crippen molar-refractivity contribution in [1.29, 1.82) is 0 Å². The molecule has 1 atom stereocenters. The van der Waals surface area contributed by atoms with Crippen molar-refractivity contribution in [3.8, 4) is 0 Å². The van der Waals surface area contributed by atoms with E-state index in [1.54, 1.807) is 17.5 Å². The number of nitrogens with zero attached hydrogens (tertiary/aromatic N) is 2. The summed E-state index contributed by atoms with van der Waals surface area (Å²) in [5, 5.41) is 1.76. The molecule has 2 aromatic rings. The molecule has 0 radical (unpaired) electrons. The number of benzene rings is 1. The van der Waals surface area contributed by atoms with Crippen molar-refractivity contribution in [2.75, 3.05) is 13.1 Å².